The standard InChI is InChI=1S/C47H49N3O6Si/c1-32-45(57(3,4)40-22-20-39(55-2)21-23-40)43(27-44(53)48-29-35-16-12-11-15-34(35)25-38(48)30-51)56-47(32)41-26-37(50(31-52)36-17-9-6-10-18-36)19-24-42(41)49(46(47)54)28-33-13-7-5-8-14-33/h5-24,26,31-32,38,43,45,51H,25,27-30H2,1-4H3/t32-,38-,43+,45-,47+/m0/s1. The van der Waals surface area contributed by atoms with E-state index in [2.05, 4.69) is 38.2 Å². The summed E-state index contributed by atoms with van der Waals surface area (Å²) in [5.74, 6) is 0.102. The molecule has 3 aliphatic rings. The van der Waals surface area contributed by atoms with Crippen molar-refractivity contribution in [1.29, 1.82) is 0 Å². The van der Waals surface area contributed by atoms with E-state index in [9.17, 15) is 14.7 Å². The first-order chi connectivity index (χ1) is 27.6. The van der Waals surface area contributed by atoms with Crippen LogP contribution in [0.1, 0.15) is 35.6 Å². The minimum absolute atomic E-state index is 0.0491. The number of fused-ring (bicyclic) bond motifs is 3. The van der Waals surface area contributed by atoms with Gasteiger partial charge in [0.05, 0.1) is 52.6 Å². The van der Waals surface area contributed by atoms with E-state index >= 15 is 4.79 Å². The summed E-state index contributed by atoms with van der Waals surface area (Å²) in [6, 6.07) is 40.9. The molecule has 0 aromatic heterocycles. The Kier molecular flexibility index (Phi) is 10.4. The fourth-order valence-corrected chi connectivity index (χ4v) is 13.8. The predicted octanol–water partition coefficient (Wildman–Crippen LogP) is 7.09. The van der Waals surface area contributed by atoms with Crippen LogP contribution in [0.25, 0.3) is 0 Å². The highest BCUT2D eigenvalue weighted by Gasteiger charge is 2.66. The molecular weight excluding hydrogens is 731 g/mol. The third kappa shape index (κ3) is 6.65. The Hall–Kier alpha value is -5.55. The minimum Gasteiger partial charge on any atom is -0.497 e. The number of ether oxygens (including phenoxy) is 2. The zero-order valence-electron chi connectivity index (χ0n) is 32.9. The van der Waals surface area contributed by atoms with E-state index in [-0.39, 0.29) is 42.3 Å². The molecule has 8 rings (SSSR count). The van der Waals surface area contributed by atoms with Crippen LogP contribution in [-0.4, -0.2) is 62.2 Å². The number of hydrogen-bond acceptors (Lipinski definition) is 6. The normalized spacial score (nSPS) is 22.6. The number of rotatable bonds is 11. The number of nitrogens with zero attached hydrogens (tertiary/aromatic N) is 3. The summed E-state index contributed by atoms with van der Waals surface area (Å²) in [7, 11) is -0.932. The van der Waals surface area contributed by atoms with E-state index < -0.39 is 19.8 Å². The van der Waals surface area contributed by atoms with Crippen molar-refractivity contribution in [2.45, 2.75) is 69.2 Å². The van der Waals surface area contributed by atoms with Gasteiger partial charge in [0.15, 0.2) is 5.60 Å². The van der Waals surface area contributed by atoms with Gasteiger partial charge in [-0.2, -0.15) is 0 Å². The number of methoxy groups -OCH3 is 1. The molecule has 0 bridgehead atoms. The highest BCUT2D eigenvalue weighted by Crippen LogP contribution is 2.60. The van der Waals surface area contributed by atoms with E-state index in [1.165, 1.54) is 0 Å². The molecule has 0 aliphatic carbocycles. The number of aliphatic hydroxyl groups excluding tert-OH is 1. The molecule has 3 amide bonds. The second-order valence-corrected chi connectivity index (χ2v) is 20.8. The second kappa shape index (κ2) is 15.4. The zero-order chi connectivity index (χ0) is 39.9. The average Bonchev–Trinajstić information content (AvgIpc) is 3.66. The molecule has 0 saturated carbocycles. The molecule has 3 aliphatic heterocycles. The van der Waals surface area contributed by atoms with Crippen molar-refractivity contribution < 1.29 is 29.0 Å². The van der Waals surface area contributed by atoms with Gasteiger partial charge >= 0.3 is 0 Å². The number of carbonyl (C=O) groups excluding carboxylic acids is 3. The minimum atomic E-state index is -2.58. The third-order valence-electron chi connectivity index (χ3n) is 12.7. The fourth-order valence-electron chi connectivity index (χ4n) is 9.77. The van der Waals surface area contributed by atoms with Gasteiger partial charge in [-0.3, -0.25) is 19.3 Å². The largest absolute Gasteiger partial charge is 0.497 e. The van der Waals surface area contributed by atoms with E-state index in [0.717, 1.165) is 39.7 Å². The van der Waals surface area contributed by atoms with Crippen LogP contribution in [0.15, 0.2) is 127 Å². The lowest BCUT2D eigenvalue weighted by atomic mass is 9.82. The first-order valence-electron chi connectivity index (χ1n) is 19.7. The summed E-state index contributed by atoms with van der Waals surface area (Å²) >= 11 is 0. The van der Waals surface area contributed by atoms with Gasteiger partial charge in [-0.25, -0.2) is 0 Å². The zero-order valence-corrected chi connectivity index (χ0v) is 33.9. The monoisotopic (exact) mass is 779 g/mol. The summed E-state index contributed by atoms with van der Waals surface area (Å²) in [6.07, 6.45) is 0.783. The molecule has 1 N–H and O–H groups in total. The van der Waals surface area contributed by atoms with E-state index in [1.807, 2.05) is 114 Å². The van der Waals surface area contributed by atoms with Gasteiger partial charge in [-0.15, -0.1) is 0 Å². The van der Waals surface area contributed by atoms with Crippen molar-refractivity contribution in [3.63, 3.8) is 0 Å². The highest BCUT2D eigenvalue weighted by molar-refractivity contribution is 6.91. The van der Waals surface area contributed by atoms with Gasteiger partial charge in [0.1, 0.15) is 5.75 Å². The summed E-state index contributed by atoms with van der Waals surface area (Å²) < 4.78 is 12.9. The Balaban J connectivity index is 1.25. The topological polar surface area (TPSA) is 99.6 Å². The van der Waals surface area contributed by atoms with Crippen molar-refractivity contribution in [3.05, 3.63) is 150 Å². The Morgan fingerprint density at radius 2 is 1.58 bits per heavy atom. The van der Waals surface area contributed by atoms with Crippen molar-refractivity contribution >= 4 is 48.5 Å². The molecule has 1 spiro atoms. The van der Waals surface area contributed by atoms with Crippen molar-refractivity contribution in [1.82, 2.24) is 4.90 Å². The molecule has 0 radical (unpaired) electrons. The molecule has 5 aromatic rings. The number of aliphatic hydroxyl groups is 1. The van der Waals surface area contributed by atoms with Gasteiger partial charge in [0.2, 0.25) is 12.3 Å². The van der Waals surface area contributed by atoms with E-state index in [0.29, 0.717) is 36.4 Å². The van der Waals surface area contributed by atoms with Crippen LogP contribution < -0.4 is 19.7 Å². The number of para-hydroxylation sites is 1. The molecule has 9 nitrogen and oxygen atoms in total. The van der Waals surface area contributed by atoms with Crippen molar-refractivity contribution in [3.8, 4) is 5.75 Å². The quantitative estimate of drug-likeness (QED) is 0.114. The Bertz CT molecular complexity index is 2270. The van der Waals surface area contributed by atoms with Gasteiger partial charge in [-0.1, -0.05) is 110 Å². The lowest BCUT2D eigenvalue weighted by Gasteiger charge is -2.39. The second-order valence-electron chi connectivity index (χ2n) is 16.1. The molecule has 10 heteroatoms. The summed E-state index contributed by atoms with van der Waals surface area (Å²) in [5.41, 5.74) is 4.27. The summed E-state index contributed by atoms with van der Waals surface area (Å²) in [4.78, 5) is 48.1. The van der Waals surface area contributed by atoms with Crippen molar-refractivity contribution in [2.75, 3.05) is 23.5 Å². The first kappa shape index (κ1) is 38.3. The van der Waals surface area contributed by atoms with Gasteiger partial charge in [0.25, 0.3) is 5.91 Å². The van der Waals surface area contributed by atoms with Crippen molar-refractivity contribution in [2.24, 2.45) is 5.92 Å². The van der Waals surface area contributed by atoms with Crippen LogP contribution in [0.5, 0.6) is 5.75 Å². The molecule has 3 heterocycles. The molecule has 5 aromatic carbocycles. The average molecular weight is 780 g/mol. The molecule has 0 unspecified atom stereocenters. The van der Waals surface area contributed by atoms with Crippen LogP contribution >= 0.6 is 0 Å². The van der Waals surface area contributed by atoms with Crippen LogP contribution in [0.4, 0.5) is 17.1 Å². The van der Waals surface area contributed by atoms with E-state index in [1.54, 1.807) is 16.9 Å². The third-order valence-corrected chi connectivity index (χ3v) is 17.0. The first-order valence-corrected chi connectivity index (χ1v) is 22.8. The molecule has 5 atom stereocenters. The maximum Gasteiger partial charge on any atom is 0.264 e. The Morgan fingerprint density at radius 3 is 2.25 bits per heavy atom. The lowest BCUT2D eigenvalue weighted by Crippen LogP contribution is -2.52. The van der Waals surface area contributed by atoms with Crippen LogP contribution in [0.2, 0.25) is 18.6 Å². The summed E-state index contributed by atoms with van der Waals surface area (Å²) in [6.45, 7) is 7.28. The maximum absolute atomic E-state index is 15.5. The SMILES string of the molecule is COc1ccc([Si](C)(C)[C@@H]2[C@@H](CC(=O)N3Cc4ccccc4C[C@H]3CO)O[C@]3(C(=O)N(Cc4ccccc4)c4ccc(N(C=O)c5ccccc5)cc43)[C@H]2C)cc1. The van der Waals surface area contributed by atoms with Gasteiger partial charge in [0, 0.05) is 29.4 Å². The fraction of sp³-hybridized carbons (Fsp3) is 0.298. The molecular formula is C47H49N3O6Si. The number of benzene rings is 5. The molecule has 1 fully saturated rings. The molecule has 292 valence electrons. The number of carbonyl (C=O) groups is 3. The molecule has 57 heavy (non-hydrogen) atoms. The number of hydrogen-bond donors (Lipinski definition) is 1. The van der Waals surface area contributed by atoms with Crippen LogP contribution in [-0.2, 0) is 44.2 Å². The Labute approximate surface area is 335 Å². The maximum atomic E-state index is 15.5. The number of anilines is 3. The molecule has 1 saturated heterocycles. The van der Waals surface area contributed by atoms with Crippen LogP contribution in [0, 0.1) is 5.92 Å². The predicted molar refractivity (Wildman–Crippen MR) is 224 cm³/mol. The Morgan fingerprint density at radius 1 is 0.912 bits per heavy atom. The van der Waals surface area contributed by atoms with Gasteiger partial charge < -0.3 is 24.4 Å². The van der Waals surface area contributed by atoms with Gasteiger partial charge in [-0.05, 0) is 71.1 Å². The summed E-state index contributed by atoms with van der Waals surface area (Å²) in [5, 5.41) is 11.7. The lowest BCUT2D eigenvalue weighted by molar-refractivity contribution is -0.151. The highest BCUT2D eigenvalue weighted by atomic mass is 28.3. The number of amides is 3. The van der Waals surface area contributed by atoms with E-state index in [4.69, 9.17) is 9.47 Å². The van der Waals surface area contributed by atoms with Crippen LogP contribution in [0.3, 0.4) is 0 Å². The smallest absolute Gasteiger partial charge is 0.264 e.